The summed E-state index contributed by atoms with van der Waals surface area (Å²) in [4.78, 5) is 13.4. The molecule has 0 saturated carbocycles. The summed E-state index contributed by atoms with van der Waals surface area (Å²) in [6.07, 6.45) is 0.904. The molecule has 1 saturated heterocycles. The summed E-state index contributed by atoms with van der Waals surface area (Å²) in [5.41, 5.74) is 0.551. The predicted molar refractivity (Wildman–Crippen MR) is 67.0 cm³/mol. The molecule has 1 fully saturated rings. The number of rotatable bonds is 2. The molecule has 0 unspecified atom stereocenters. The molecule has 92 valence electrons. The molecule has 5 heteroatoms. The zero-order valence-electron chi connectivity index (χ0n) is 9.38. The Kier molecular flexibility index (Phi) is 4.12. The summed E-state index contributed by atoms with van der Waals surface area (Å²) in [6.45, 7) is 2.20. The van der Waals surface area contributed by atoms with Crippen molar-refractivity contribution < 1.29 is 9.18 Å². The van der Waals surface area contributed by atoms with Crippen LogP contribution in [-0.2, 0) is 11.3 Å². The molecule has 1 N–H and O–H groups in total. The standard InChI is InChI=1S/C12H14BrFN2O/c13-10-2-3-11(14)9(6-10)8-16-5-1-4-15-7-12(16)17/h2-3,6,15H,1,4-5,7-8H2. The van der Waals surface area contributed by atoms with E-state index in [9.17, 15) is 9.18 Å². The Morgan fingerprint density at radius 2 is 2.29 bits per heavy atom. The molecule has 0 radical (unpaired) electrons. The van der Waals surface area contributed by atoms with Crippen molar-refractivity contribution in [3.8, 4) is 0 Å². The molecule has 17 heavy (non-hydrogen) atoms. The highest BCUT2D eigenvalue weighted by Crippen LogP contribution is 2.17. The maximum Gasteiger partial charge on any atom is 0.236 e. The number of carbonyl (C=O) groups is 1. The maximum atomic E-state index is 13.6. The van der Waals surface area contributed by atoms with Crippen molar-refractivity contribution in [2.45, 2.75) is 13.0 Å². The van der Waals surface area contributed by atoms with E-state index in [4.69, 9.17) is 0 Å². The summed E-state index contributed by atoms with van der Waals surface area (Å²) in [7, 11) is 0. The van der Waals surface area contributed by atoms with Crippen LogP contribution in [0, 0.1) is 5.82 Å². The van der Waals surface area contributed by atoms with Gasteiger partial charge in [0.2, 0.25) is 5.91 Å². The smallest absolute Gasteiger partial charge is 0.236 e. The van der Waals surface area contributed by atoms with Gasteiger partial charge in [-0.2, -0.15) is 0 Å². The largest absolute Gasteiger partial charge is 0.337 e. The Morgan fingerprint density at radius 1 is 1.47 bits per heavy atom. The molecule has 1 amide bonds. The van der Waals surface area contributed by atoms with Crippen molar-refractivity contribution in [3.63, 3.8) is 0 Å². The number of nitrogens with zero attached hydrogens (tertiary/aromatic N) is 1. The summed E-state index contributed by atoms with van der Waals surface area (Å²) in [5, 5.41) is 3.04. The van der Waals surface area contributed by atoms with E-state index in [0.717, 1.165) is 17.4 Å². The lowest BCUT2D eigenvalue weighted by molar-refractivity contribution is -0.130. The SMILES string of the molecule is O=C1CNCCCN1Cc1cc(Br)ccc1F. The number of amides is 1. The van der Waals surface area contributed by atoms with E-state index in [1.54, 1.807) is 17.0 Å². The minimum Gasteiger partial charge on any atom is -0.337 e. The van der Waals surface area contributed by atoms with Gasteiger partial charge >= 0.3 is 0 Å². The maximum absolute atomic E-state index is 13.6. The zero-order chi connectivity index (χ0) is 12.3. The summed E-state index contributed by atoms with van der Waals surface area (Å²) in [5.74, 6) is -0.236. The summed E-state index contributed by atoms with van der Waals surface area (Å²) >= 11 is 3.31. The van der Waals surface area contributed by atoms with Crippen molar-refractivity contribution in [2.24, 2.45) is 0 Å². The van der Waals surface area contributed by atoms with Gasteiger partial charge in [-0.05, 0) is 31.2 Å². The van der Waals surface area contributed by atoms with E-state index < -0.39 is 0 Å². The summed E-state index contributed by atoms with van der Waals surface area (Å²) in [6, 6.07) is 4.80. The first-order valence-electron chi connectivity index (χ1n) is 5.59. The fraction of sp³-hybridized carbons (Fsp3) is 0.417. The van der Waals surface area contributed by atoms with Crippen LogP contribution in [0.1, 0.15) is 12.0 Å². The zero-order valence-corrected chi connectivity index (χ0v) is 11.0. The molecule has 3 nitrogen and oxygen atoms in total. The molecule has 2 rings (SSSR count). The van der Waals surface area contributed by atoms with Crippen LogP contribution in [0.5, 0.6) is 0 Å². The molecular weight excluding hydrogens is 287 g/mol. The lowest BCUT2D eigenvalue weighted by Crippen LogP contribution is -2.34. The average Bonchev–Trinajstić information content (AvgIpc) is 2.50. The molecule has 1 aliphatic rings. The third-order valence-electron chi connectivity index (χ3n) is 2.78. The van der Waals surface area contributed by atoms with E-state index in [-0.39, 0.29) is 11.7 Å². The Balaban J connectivity index is 2.13. The van der Waals surface area contributed by atoms with Crippen molar-refractivity contribution >= 4 is 21.8 Å². The van der Waals surface area contributed by atoms with Crippen molar-refractivity contribution in [2.75, 3.05) is 19.6 Å². The number of nitrogens with one attached hydrogen (secondary N) is 1. The third-order valence-corrected chi connectivity index (χ3v) is 3.27. The number of benzene rings is 1. The van der Waals surface area contributed by atoms with Gasteiger partial charge in [-0.25, -0.2) is 4.39 Å². The highest BCUT2D eigenvalue weighted by molar-refractivity contribution is 9.10. The van der Waals surface area contributed by atoms with Crippen molar-refractivity contribution in [1.82, 2.24) is 10.2 Å². The number of halogens is 2. The highest BCUT2D eigenvalue weighted by Gasteiger charge is 2.17. The number of hydrogen-bond acceptors (Lipinski definition) is 2. The van der Waals surface area contributed by atoms with Gasteiger partial charge in [-0.1, -0.05) is 15.9 Å². The Bertz CT molecular complexity index is 425. The Hall–Kier alpha value is -0.940. The van der Waals surface area contributed by atoms with Crippen LogP contribution in [0.2, 0.25) is 0 Å². The second kappa shape index (κ2) is 5.60. The van der Waals surface area contributed by atoms with Gasteiger partial charge in [0.05, 0.1) is 6.54 Å². The van der Waals surface area contributed by atoms with Crippen molar-refractivity contribution in [3.05, 3.63) is 34.1 Å². The minimum atomic E-state index is -0.266. The van der Waals surface area contributed by atoms with Gasteiger partial charge in [0.15, 0.2) is 0 Å². The van der Waals surface area contributed by atoms with Gasteiger partial charge in [0, 0.05) is 23.1 Å². The highest BCUT2D eigenvalue weighted by atomic mass is 79.9. The van der Waals surface area contributed by atoms with Crippen LogP contribution < -0.4 is 5.32 Å². The first-order chi connectivity index (χ1) is 8.16. The van der Waals surface area contributed by atoms with Gasteiger partial charge in [-0.15, -0.1) is 0 Å². The van der Waals surface area contributed by atoms with Gasteiger partial charge in [0.25, 0.3) is 0 Å². The predicted octanol–water partition coefficient (Wildman–Crippen LogP) is 1.91. The first kappa shape index (κ1) is 12.5. The average molecular weight is 301 g/mol. The molecule has 0 bridgehead atoms. The van der Waals surface area contributed by atoms with Crippen LogP contribution in [-0.4, -0.2) is 30.4 Å². The van der Waals surface area contributed by atoms with Crippen LogP contribution >= 0.6 is 15.9 Å². The molecule has 1 aromatic rings. The van der Waals surface area contributed by atoms with Gasteiger partial charge < -0.3 is 10.2 Å². The van der Waals surface area contributed by atoms with Crippen LogP contribution in [0.4, 0.5) is 4.39 Å². The van der Waals surface area contributed by atoms with E-state index >= 15 is 0 Å². The molecule has 1 aliphatic heterocycles. The lowest BCUT2D eigenvalue weighted by Gasteiger charge is -2.20. The fourth-order valence-corrected chi connectivity index (χ4v) is 2.27. The Morgan fingerprint density at radius 3 is 3.12 bits per heavy atom. The molecule has 1 heterocycles. The topological polar surface area (TPSA) is 32.3 Å². The van der Waals surface area contributed by atoms with Gasteiger partial charge in [0.1, 0.15) is 5.82 Å². The van der Waals surface area contributed by atoms with E-state index in [1.807, 2.05) is 0 Å². The minimum absolute atomic E-state index is 0.0295. The number of carbonyl (C=O) groups excluding carboxylic acids is 1. The van der Waals surface area contributed by atoms with E-state index in [2.05, 4.69) is 21.2 Å². The van der Waals surface area contributed by atoms with Crippen LogP contribution in [0.3, 0.4) is 0 Å². The monoisotopic (exact) mass is 300 g/mol. The Labute approximate surface area is 108 Å². The van der Waals surface area contributed by atoms with E-state index in [0.29, 0.717) is 25.2 Å². The molecule has 0 atom stereocenters. The quantitative estimate of drug-likeness (QED) is 0.905. The molecular formula is C12H14BrFN2O. The summed E-state index contributed by atoms with van der Waals surface area (Å²) < 4.78 is 14.4. The van der Waals surface area contributed by atoms with Gasteiger partial charge in [-0.3, -0.25) is 4.79 Å². The molecule has 0 aromatic heterocycles. The second-order valence-corrected chi connectivity index (χ2v) is 5.00. The van der Waals surface area contributed by atoms with E-state index in [1.165, 1.54) is 6.07 Å². The van der Waals surface area contributed by atoms with Crippen molar-refractivity contribution in [1.29, 1.82) is 0 Å². The number of hydrogen-bond donors (Lipinski definition) is 1. The molecule has 1 aromatic carbocycles. The third kappa shape index (κ3) is 3.26. The molecule has 0 spiro atoms. The lowest BCUT2D eigenvalue weighted by atomic mass is 10.2. The first-order valence-corrected chi connectivity index (χ1v) is 6.38. The molecule has 0 aliphatic carbocycles. The van der Waals surface area contributed by atoms with Crippen LogP contribution in [0.15, 0.2) is 22.7 Å². The fourth-order valence-electron chi connectivity index (χ4n) is 1.86. The second-order valence-electron chi connectivity index (χ2n) is 4.08. The van der Waals surface area contributed by atoms with Crippen LogP contribution in [0.25, 0.3) is 0 Å². The normalized spacial score (nSPS) is 17.1.